The number of rotatable bonds is 2. The Morgan fingerprint density at radius 1 is 1.22 bits per heavy atom. The van der Waals surface area contributed by atoms with E-state index in [0.29, 0.717) is 12.1 Å². The smallest absolute Gasteiger partial charge is 0.208 e. The number of likely N-dealkylation sites (tertiary alicyclic amines) is 1. The Labute approximate surface area is 112 Å². The van der Waals surface area contributed by atoms with Crippen molar-refractivity contribution in [3.63, 3.8) is 0 Å². The number of hydrogen-bond acceptors (Lipinski definition) is 2. The van der Waals surface area contributed by atoms with Gasteiger partial charge in [-0.25, -0.2) is 0 Å². The van der Waals surface area contributed by atoms with Crippen molar-refractivity contribution in [1.82, 2.24) is 4.90 Å². The molecule has 1 rings (SSSR count). The second-order valence-corrected chi connectivity index (χ2v) is 6.36. The molecule has 0 N–H and O–H groups in total. The van der Waals surface area contributed by atoms with Crippen LogP contribution in [-0.2, 0) is 4.79 Å². The molecule has 0 aromatic heterocycles. The summed E-state index contributed by atoms with van der Waals surface area (Å²) in [5, 5.41) is 0. The molecule has 1 saturated heterocycles. The molecule has 0 spiro atoms. The van der Waals surface area contributed by atoms with Gasteiger partial charge in [0, 0.05) is 18.0 Å². The van der Waals surface area contributed by atoms with Crippen molar-refractivity contribution < 1.29 is 4.79 Å². The molecule has 1 aliphatic rings. The van der Waals surface area contributed by atoms with Crippen LogP contribution in [0.15, 0.2) is 0 Å². The molecule has 0 bridgehead atoms. The maximum Gasteiger partial charge on any atom is 0.208 e. The maximum atomic E-state index is 11.6. The number of carbonyl (C=O) groups excluding carboxylic acids is 1. The van der Waals surface area contributed by atoms with Crippen LogP contribution in [-0.4, -0.2) is 28.3 Å². The van der Waals surface area contributed by atoms with Gasteiger partial charge in [0.15, 0.2) is 0 Å². The summed E-state index contributed by atoms with van der Waals surface area (Å²) >= 11 is 0. The highest BCUT2D eigenvalue weighted by Crippen LogP contribution is 2.29. The standard InChI is InChI=1S/C16H27NO/c1-12(2)15(18)10-11-16(5,6)17-13(3)8-7-9-14(17)4/h12-14H,7-9H2,1-6H3. The van der Waals surface area contributed by atoms with Crippen LogP contribution in [0.3, 0.4) is 0 Å². The first kappa shape index (κ1) is 15.2. The average Bonchev–Trinajstić information content (AvgIpc) is 2.25. The zero-order valence-corrected chi connectivity index (χ0v) is 12.7. The third-order valence-electron chi connectivity index (χ3n) is 3.86. The summed E-state index contributed by atoms with van der Waals surface area (Å²) in [4.78, 5) is 14.1. The zero-order chi connectivity index (χ0) is 13.9. The van der Waals surface area contributed by atoms with Crippen molar-refractivity contribution in [3.8, 4) is 11.8 Å². The van der Waals surface area contributed by atoms with Gasteiger partial charge in [-0.05, 0) is 46.5 Å². The molecule has 2 unspecified atom stereocenters. The summed E-state index contributed by atoms with van der Waals surface area (Å²) in [6, 6.07) is 1.10. The summed E-state index contributed by atoms with van der Waals surface area (Å²) in [6.07, 6.45) is 3.76. The van der Waals surface area contributed by atoms with Crippen molar-refractivity contribution in [2.24, 2.45) is 5.92 Å². The summed E-state index contributed by atoms with van der Waals surface area (Å²) < 4.78 is 0. The Morgan fingerprint density at radius 2 is 1.72 bits per heavy atom. The molecule has 0 aliphatic carbocycles. The van der Waals surface area contributed by atoms with Gasteiger partial charge in [-0.15, -0.1) is 0 Å². The molecule has 2 heteroatoms. The maximum absolute atomic E-state index is 11.6. The highest BCUT2D eigenvalue weighted by molar-refractivity contribution is 5.97. The van der Waals surface area contributed by atoms with Crippen molar-refractivity contribution in [1.29, 1.82) is 0 Å². The lowest BCUT2D eigenvalue weighted by atomic mass is 9.90. The van der Waals surface area contributed by atoms with E-state index in [1.807, 2.05) is 13.8 Å². The fourth-order valence-corrected chi connectivity index (χ4v) is 2.95. The predicted octanol–water partition coefficient (Wildman–Crippen LogP) is 3.26. The van der Waals surface area contributed by atoms with Crippen LogP contribution in [0.25, 0.3) is 0 Å². The van der Waals surface area contributed by atoms with Gasteiger partial charge in [0.1, 0.15) is 0 Å². The van der Waals surface area contributed by atoms with E-state index in [0.717, 1.165) is 0 Å². The Hall–Kier alpha value is -0.810. The van der Waals surface area contributed by atoms with E-state index in [-0.39, 0.29) is 17.2 Å². The van der Waals surface area contributed by atoms with Gasteiger partial charge in [0.05, 0.1) is 5.54 Å². The highest BCUT2D eigenvalue weighted by Gasteiger charge is 2.35. The molecule has 0 radical (unpaired) electrons. The molecule has 0 aromatic carbocycles. The lowest BCUT2D eigenvalue weighted by molar-refractivity contribution is -0.116. The lowest BCUT2D eigenvalue weighted by Gasteiger charge is -2.46. The fourth-order valence-electron chi connectivity index (χ4n) is 2.95. The van der Waals surface area contributed by atoms with Gasteiger partial charge in [0.2, 0.25) is 5.78 Å². The molecular formula is C16H27NO. The van der Waals surface area contributed by atoms with Crippen LogP contribution in [0, 0.1) is 17.8 Å². The Morgan fingerprint density at radius 3 is 2.17 bits per heavy atom. The minimum Gasteiger partial charge on any atom is -0.285 e. The first-order chi connectivity index (χ1) is 8.25. The number of Topliss-reactive ketones (excluding diaryl/α,β-unsaturated/α-hetero) is 1. The van der Waals surface area contributed by atoms with Crippen molar-refractivity contribution in [3.05, 3.63) is 0 Å². The van der Waals surface area contributed by atoms with Gasteiger partial charge in [-0.1, -0.05) is 26.2 Å². The van der Waals surface area contributed by atoms with E-state index in [4.69, 9.17) is 0 Å². The van der Waals surface area contributed by atoms with Gasteiger partial charge >= 0.3 is 0 Å². The molecule has 1 heterocycles. The highest BCUT2D eigenvalue weighted by atomic mass is 16.1. The van der Waals surface area contributed by atoms with Crippen molar-refractivity contribution >= 4 is 5.78 Å². The molecule has 2 nitrogen and oxygen atoms in total. The van der Waals surface area contributed by atoms with Crippen LogP contribution in [0.4, 0.5) is 0 Å². The van der Waals surface area contributed by atoms with Gasteiger partial charge in [0.25, 0.3) is 0 Å². The lowest BCUT2D eigenvalue weighted by Crippen LogP contribution is -2.54. The van der Waals surface area contributed by atoms with E-state index >= 15 is 0 Å². The topological polar surface area (TPSA) is 20.3 Å². The van der Waals surface area contributed by atoms with Gasteiger partial charge in [-0.3, -0.25) is 9.69 Å². The van der Waals surface area contributed by atoms with Crippen LogP contribution in [0.5, 0.6) is 0 Å². The van der Waals surface area contributed by atoms with Crippen LogP contribution >= 0.6 is 0 Å². The Kier molecular flexibility index (Phi) is 4.99. The molecule has 1 aliphatic heterocycles. The van der Waals surface area contributed by atoms with Crippen LogP contribution in [0.1, 0.15) is 60.8 Å². The number of hydrogen-bond donors (Lipinski definition) is 0. The van der Waals surface area contributed by atoms with Crippen LogP contribution in [0.2, 0.25) is 0 Å². The normalized spacial score (nSPS) is 25.7. The van der Waals surface area contributed by atoms with E-state index in [1.54, 1.807) is 0 Å². The summed E-state index contributed by atoms with van der Waals surface area (Å²) in [6.45, 7) is 12.6. The fraction of sp³-hybridized carbons (Fsp3) is 0.812. The van der Waals surface area contributed by atoms with E-state index in [1.165, 1.54) is 19.3 Å². The molecular weight excluding hydrogens is 222 g/mol. The number of nitrogens with zero attached hydrogens (tertiary/aromatic N) is 1. The Bertz CT molecular complexity index is 349. The van der Waals surface area contributed by atoms with Crippen LogP contribution < -0.4 is 0 Å². The molecule has 0 saturated carbocycles. The quantitative estimate of drug-likeness (QED) is 0.553. The first-order valence-corrected chi connectivity index (χ1v) is 7.11. The Balaban J connectivity index is 2.87. The third kappa shape index (κ3) is 3.59. The van der Waals surface area contributed by atoms with Gasteiger partial charge in [-0.2, -0.15) is 0 Å². The third-order valence-corrected chi connectivity index (χ3v) is 3.86. The van der Waals surface area contributed by atoms with E-state index < -0.39 is 0 Å². The number of carbonyl (C=O) groups is 1. The molecule has 1 fully saturated rings. The summed E-state index contributed by atoms with van der Waals surface area (Å²) in [5.74, 6) is 6.07. The molecule has 102 valence electrons. The monoisotopic (exact) mass is 249 g/mol. The minimum atomic E-state index is -0.218. The zero-order valence-electron chi connectivity index (χ0n) is 12.7. The van der Waals surface area contributed by atoms with E-state index in [9.17, 15) is 4.79 Å². The molecule has 0 amide bonds. The second-order valence-electron chi connectivity index (χ2n) is 6.36. The largest absolute Gasteiger partial charge is 0.285 e. The average molecular weight is 249 g/mol. The minimum absolute atomic E-state index is 0.00417. The first-order valence-electron chi connectivity index (χ1n) is 7.11. The summed E-state index contributed by atoms with van der Waals surface area (Å²) in [7, 11) is 0. The van der Waals surface area contributed by atoms with Gasteiger partial charge < -0.3 is 0 Å². The number of ketones is 1. The van der Waals surface area contributed by atoms with E-state index in [2.05, 4.69) is 44.4 Å². The number of piperidine rings is 1. The molecule has 18 heavy (non-hydrogen) atoms. The van der Waals surface area contributed by atoms with Crippen molar-refractivity contribution in [2.75, 3.05) is 0 Å². The predicted molar refractivity (Wildman–Crippen MR) is 76.3 cm³/mol. The second kappa shape index (κ2) is 5.89. The van der Waals surface area contributed by atoms with Crippen molar-refractivity contribution in [2.45, 2.75) is 78.4 Å². The SMILES string of the molecule is CC(C)C(=O)C#CC(C)(C)N1C(C)CCCC1C. The molecule has 2 atom stereocenters. The molecule has 0 aromatic rings. The summed E-state index contributed by atoms with van der Waals surface area (Å²) in [5.41, 5.74) is -0.218.